The van der Waals surface area contributed by atoms with Gasteiger partial charge < -0.3 is 10.6 Å². The lowest BCUT2D eigenvalue weighted by Crippen LogP contribution is -2.46. The molecule has 0 saturated heterocycles. The maximum Gasteiger partial charge on any atom is 0.242 e. The zero-order chi connectivity index (χ0) is 17.9. The first-order valence-electron chi connectivity index (χ1n) is 8.93. The maximum atomic E-state index is 13.2. The molecule has 1 aromatic rings. The van der Waals surface area contributed by atoms with Crippen LogP contribution in [0.15, 0.2) is 23.1 Å². The zero-order valence-corrected chi connectivity index (χ0v) is 15.5. The zero-order valence-electron chi connectivity index (χ0n) is 14.7. The van der Waals surface area contributed by atoms with Crippen LogP contribution in [-0.4, -0.2) is 45.3 Å². The highest BCUT2D eigenvalue weighted by Crippen LogP contribution is 2.49. The van der Waals surface area contributed by atoms with E-state index in [1.54, 1.807) is 17.0 Å². The highest BCUT2D eigenvalue weighted by Gasteiger charge is 2.50. The quantitative estimate of drug-likeness (QED) is 0.875. The molecular weight excluding hydrogens is 338 g/mol. The summed E-state index contributed by atoms with van der Waals surface area (Å²) < 4.78 is 26.0. The molecule has 1 aromatic carbocycles. The Morgan fingerprint density at radius 2 is 1.96 bits per heavy atom. The van der Waals surface area contributed by atoms with Crippen LogP contribution in [0.25, 0.3) is 0 Å². The van der Waals surface area contributed by atoms with E-state index < -0.39 is 10.0 Å². The molecule has 1 heterocycles. The molecule has 2 saturated carbocycles. The summed E-state index contributed by atoms with van der Waals surface area (Å²) >= 11 is 0. The number of sulfonamides is 1. The normalized spacial score (nSPS) is 31.0. The van der Waals surface area contributed by atoms with Crippen LogP contribution in [0.3, 0.4) is 0 Å². The van der Waals surface area contributed by atoms with E-state index in [0.29, 0.717) is 18.4 Å². The Morgan fingerprint density at radius 1 is 1.24 bits per heavy atom. The average Bonchev–Trinajstić information content (AvgIpc) is 3.27. The highest BCUT2D eigenvalue weighted by molar-refractivity contribution is 7.89. The van der Waals surface area contributed by atoms with Crippen molar-refractivity contribution in [2.24, 2.45) is 23.5 Å². The Morgan fingerprint density at radius 3 is 2.60 bits per heavy atom. The average molecular weight is 363 g/mol. The number of hydrogen-bond acceptors (Lipinski definition) is 4. The molecule has 0 radical (unpaired) electrons. The summed E-state index contributed by atoms with van der Waals surface area (Å²) in [6.07, 6.45) is 4.05. The molecule has 25 heavy (non-hydrogen) atoms. The summed E-state index contributed by atoms with van der Waals surface area (Å²) in [7, 11) is -0.488. The molecule has 1 amide bonds. The van der Waals surface area contributed by atoms with Gasteiger partial charge in [0.15, 0.2) is 0 Å². The molecule has 2 N–H and O–H groups in total. The number of carbonyl (C=O) groups excluding carboxylic acids is 1. The third-order valence-corrected chi connectivity index (χ3v) is 8.07. The summed E-state index contributed by atoms with van der Waals surface area (Å²) in [6.45, 7) is 0.611. The summed E-state index contributed by atoms with van der Waals surface area (Å²) in [5, 5.41) is 0. The first-order chi connectivity index (χ1) is 11.8. The largest absolute Gasteiger partial charge is 0.327 e. The predicted molar refractivity (Wildman–Crippen MR) is 95.7 cm³/mol. The van der Waals surface area contributed by atoms with Gasteiger partial charge in [-0.25, -0.2) is 12.7 Å². The van der Waals surface area contributed by atoms with Crippen molar-refractivity contribution in [3.63, 3.8) is 0 Å². The number of amides is 1. The molecule has 2 bridgehead atoms. The lowest BCUT2D eigenvalue weighted by Gasteiger charge is -2.31. The molecule has 0 aromatic heterocycles. The number of rotatable bonds is 3. The Balaban J connectivity index is 1.66. The SMILES string of the molecule is CN(C)S(=O)(=O)c1ccc2c(c1)N(C(=O)C1C3CCC(C3)C1N)CC2. The molecule has 7 heteroatoms. The molecule has 136 valence electrons. The molecule has 3 aliphatic rings. The number of anilines is 1. The van der Waals surface area contributed by atoms with Crippen molar-refractivity contribution in [2.45, 2.75) is 36.6 Å². The third-order valence-electron chi connectivity index (χ3n) is 6.26. The van der Waals surface area contributed by atoms with Crippen LogP contribution >= 0.6 is 0 Å². The molecule has 2 aliphatic carbocycles. The summed E-state index contributed by atoms with van der Waals surface area (Å²) in [4.78, 5) is 15.2. The smallest absolute Gasteiger partial charge is 0.242 e. The van der Waals surface area contributed by atoms with Gasteiger partial charge in [-0.3, -0.25) is 4.79 Å². The molecule has 1 aliphatic heterocycles. The lowest BCUT2D eigenvalue weighted by atomic mass is 9.84. The minimum Gasteiger partial charge on any atom is -0.327 e. The Kier molecular flexibility index (Phi) is 3.94. The van der Waals surface area contributed by atoms with Gasteiger partial charge >= 0.3 is 0 Å². The minimum absolute atomic E-state index is 0.0519. The molecule has 6 nitrogen and oxygen atoms in total. The van der Waals surface area contributed by atoms with Crippen molar-refractivity contribution in [1.29, 1.82) is 0 Å². The van der Waals surface area contributed by atoms with Gasteiger partial charge in [0.1, 0.15) is 0 Å². The molecule has 4 atom stereocenters. The fourth-order valence-corrected chi connectivity index (χ4v) is 5.76. The number of carbonyl (C=O) groups is 1. The van der Waals surface area contributed by atoms with E-state index in [-0.39, 0.29) is 22.8 Å². The van der Waals surface area contributed by atoms with Crippen LogP contribution in [0.5, 0.6) is 0 Å². The van der Waals surface area contributed by atoms with E-state index in [4.69, 9.17) is 5.73 Å². The Hall–Kier alpha value is -1.44. The van der Waals surface area contributed by atoms with Crippen LogP contribution < -0.4 is 10.6 Å². The van der Waals surface area contributed by atoms with Crippen LogP contribution in [0.4, 0.5) is 5.69 Å². The van der Waals surface area contributed by atoms with E-state index in [0.717, 1.165) is 36.9 Å². The fraction of sp³-hybridized carbons (Fsp3) is 0.611. The molecule has 4 unspecified atom stereocenters. The van der Waals surface area contributed by atoms with Crippen molar-refractivity contribution in [3.8, 4) is 0 Å². The molecule has 2 fully saturated rings. The van der Waals surface area contributed by atoms with E-state index in [1.807, 2.05) is 6.07 Å². The molecule has 0 spiro atoms. The van der Waals surface area contributed by atoms with Crippen LogP contribution in [0.1, 0.15) is 24.8 Å². The first-order valence-corrected chi connectivity index (χ1v) is 10.4. The highest BCUT2D eigenvalue weighted by atomic mass is 32.2. The second-order valence-corrected chi connectivity index (χ2v) is 9.91. The van der Waals surface area contributed by atoms with Gasteiger partial charge in [-0.1, -0.05) is 6.07 Å². The first kappa shape index (κ1) is 17.0. The van der Waals surface area contributed by atoms with E-state index in [1.165, 1.54) is 18.4 Å². The minimum atomic E-state index is -3.52. The lowest BCUT2D eigenvalue weighted by molar-refractivity contribution is -0.124. The summed E-state index contributed by atoms with van der Waals surface area (Å²) in [5.74, 6) is 0.836. The fourth-order valence-electron chi connectivity index (χ4n) is 4.84. The Bertz CT molecular complexity index is 819. The number of nitrogens with two attached hydrogens (primary N) is 1. The van der Waals surface area contributed by atoms with Crippen LogP contribution in [0, 0.1) is 17.8 Å². The maximum absolute atomic E-state index is 13.2. The van der Waals surface area contributed by atoms with Gasteiger partial charge in [-0.2, -0.15) is 0 Å². The van der Waals surface area contributed by atoms with E-state index in [2.05, 4.69) is 0 Å². The van der Waals surface area contributed by atoms with Gasteiger partial charge in [-0.15, -0.1) is 0 Å². The molecule has 4 rings (SSSR count). The second kappa shape index (κ2) is 5.79. The number of fused-ring (bicyclic) bond motifs is 3. The van der Waals surface area contributed by atoms with Gasteiger partial charge in [0.05, 0.1) is 10.8 Å². The van der Waals surface area contributed by atoms with Gasteiger partial charge in [0.2, 0.25) is 15.9 Å². The predicted octanol–water partition coefficient (Wildman–Crippen LogP) is 1.20. The van der Waals surface area contributed by atoms with Crippen LogP contribution in [-0.2, 0) is 21.2 Å². The van der Waals surface area contributed by atoms with Gasteiger partial charge in [0.25, 0.3) is 0 Å². The van der Waals surface area contributed by atoms with Crippen molar-refractivity contribution in [2.75, 3.05) is 25.5 Å². The summed E-state index contributed by atoms with van der Waals surface area (Å²) in [6, 6.07) is 5.06. The number of hydrogen-bond donors (Lipinski definition) is 1. The third kappa shape index (κ3) is 2.52. The Labute approximate surface area is 149 Å². The standard InChI is InChI=1S/C18H25N3O3S/c1-20(2)25(23,24)14-6-5-11-7-8-21(15(11)10-14)18(22)16-12-3-4-13(9-12)17(16)19/h5-6,10,12-13,16-17H,3-4,7-9,19H2,1-2H3. The topological polar surface area (TPSA) is 83.7 Å². The van der Waals surface area contributed by atoms with Gasteiger partial charge in [0, 0.05) is 32.4 Å². The second-order valence-electron chi connectivity index (χ2n) is 7.75. The molecular formula is C18H25N3O3S. The van der Waals surface area contributed by atoms with Crippen molar-refractivity contribution < 1.29 is 13.2 Å². The van der Waals surface area contributed by atoms with Crippen molar-refractivity contribution in [1.82, 2.24) is 4.31 Å². The van der Waals surface area contributed by atoms with E-state index in [9.17, 15) is 13.2 Å². The monoisotopic (exact) mass is 363 g/mol. The van der Waals surface area contributed by atoms with Crippen molar-refractivity contribution >= 4 is 21.6 Å². The van der Waals surface area contributed by atoms with Crippen LogP contribution in [0.2, 0.25) is 0 Å². The van der Waals surface area contributed by atoms with Gasteiger partial charge in [-0.05, 0) is 55.2 Å². The number of nitrogens with zero attached hydrogens (tertiary/aromatic N) is 2. The van der Waals surface area contributed by atoms with Crippen molar-refractivity contribution in [3.05, 3.63) is 23.8 Å². The van der Waals surface area contributed by atoms with E-state index >= 15 is 0 Å². The number of benzene rings is 1. The summed E-state index contributed by atoms with van der Waals surface area (Å²) in [5.41, 5.74) is 8.11.